The van der Waals surface area contributed by atoms with Gasteiger partial charge in [-0.1, -0.05) is 45.9 Å². The van der Waals surface area contributed by atoms with Crippen LogP contribution in [0.2, 0.25) is 0 Å². The van der Waals surface area contributed by atoms with E-state index in [1.807, 2.05) is 48.8 Å². The van der Waals surface area contributed by atoms with Gasteiger partial charge in [0.15, 0.2) is 24.3 Å². The van der Waals surface area contributed by atoms with Crippen LogP contribution in [0, 0.1) is 23.7 Å². The number of Topliss-reactive ketones (excluding diaryl/α,β-unsaturated/α-hetero) is 2. The van der Waals surface area contributed by atoms with Gasteiger partial charge in [-0.25, -0.2) is 25.0 Å². The van der Waals surface area contributed by atoms with E-state index in [2.05, 4.69) is 15.4 Å². The van der Waals surface area contributed by atoms with E-state index < -0.39 is 89.8 Å². The Hall–Kier alpha value is -5.07. The maximum Gasteiger partial charge on any atom is 0.425 e. The number of aromatic nitrogens is 3. The fourth-order valence-corrected chi connectivity index (χ4v) is 9.49. The maximum absolute atomic E-state index is 14.8. The van der Waals surface area contributed by atoms with E-state index in [1.165, 1.54) is 19.0 Å². The molecule has 1 amide bonds. The monoisotopic (exact) mass is 902 g/mol. The molecule has 65 heavy (non-hydrogen) atoms. The smallest absolute Gasteiger partial charge is 0.425 e. The highest BCUT2D eigenvalue weighted by molar-refractivity contribution is 6.00. The van der Waals surface area contributed by atoms with Gasteiger partial charge >= 0.3 is 18.0 Å². The Balaban J connectivity index is 1.28. The number of hydrogen-bond donors (Lipinski definition) is 1. The van der Waals surface area contributed by atoms with E-state index in [9.17, 15) is 24.0 Å². The van der Waals surface area contributed by atoms with Crippen LogP contribution in [0.3, 0.4) is 0 Å². The number of imidazole rings is 1. The molecule has 3 saturated heterocycles. The number of aryl methyl sites for hydroxylation is 1. The minimum absolute atomic E-state index is 0.0738. The second-order valence-corrected chi connectivity index (χ2v) is 18.2. The number of amides is 1. The Morgan fingerprint density at radius 3 is 2.38 bits per heavy atom. The molecule has 354 valence electrons. The van der Waals surface area contributed by atoms with Crippen LogP contribution in [0.15, 0.2) is 67.4 Å². The van der Waals surface area contributed by atoms with Crippen LogP contribution in [0.25, 0.3) is 11.3 Å². The number of fused-ring (bicyclic) bond motifs is 1. The van der Waals surface area contributed by atoms with Crippen molar-refractivity contribution < 1.29 is 52.4 Å². The second kappa shape index (κ2) is 21.5. The quantitative estimate of drug-likeness (QED) is 0.0977. The zero-order chi connectivity index (χ0) is 47.2. The van der Waals surface area contributed by atoms with Crippen LogP contribution in [-0.2, 0) is 49.3 Å². The Bertz CT molecular complexity index is 2100. The van der Waals surface area contributed by atoms with Crippen molar-refractivity contribution in [3.63, 3.8) is 0 Å². The molecular formula is C48H66N6O11. The summed E-state index contributed by atoms with van der Waals surface area (Å²) in [4.78, 5) is 81.3. The number of esters is 2. The number of ether oxygens (including phenoxy) is 6. The molecule has 3 aromatic rings. The van der Waals surface area contributed by atoms with Gasteiger partial charge in [0, 0.05) is 62.1 Å². The van der Waals surface area contributed by atoms with Crippen LogP contribution >= 0.6 is 0 Å². The number of cyclic esters (lactones) is 1. The molecule has 3 fully saturated rings. The molecule has 1 aromatic carbocycles. The SMILES string of the molecule is CCC1OC(=O)[C@H](C)C(=O)[C@H](C)[C@@H](O[C@@H]2O[C@H](C)C[C@H](N(C)C)[C@H]2OC(=O)c2ccccc2)[C@@](C)(OC)C[C@@H](C)C(=O)[C@H](C)C2[C@@H]1OC(=O)N2NCCCn1cnc(-c2cccnc2)c1. The number of methoxy groups -OCH3 is 1. The molecule has 0 radical (unpaired) electrons. The average Bonchev–Trinajstić information content (AvgIpc) is 3.91. The lowest BCUT2D eigenvalue weighted by Gasteiger charge is -2.47. The number of carbonyl (C=O) groups excluding carboxylic acids is 5. The third-order valence-electron chi connectivity index (χ3n) is 13.3. The molecular weight excluding hydrogens is 837 g/mol. The summed E-state index contributed by atoms with van der Waals surface area (Å²) in [5.41, 5.74) is 3.89. The van der Waals surface area contributed by atoms with E-state index in [4.69, 9.17) is 28.4 Å². The highest BCUT2D eigenvalue weighted by Crippen LogP contribution is 2.39. The number of ketones is 2. The molecule has 3 aliphatic rings. The summed E-state index contributed by atoms with van der Waals surface area (Å²) in [5, 5.41) is 1.34. The molecule has 5 heterocycles. The van der Waals surface area contributed by atoms with Crippen molar-refractivity contribution in [3.8, 4) is 11.3 Å². The van der Waals surface area contributed by atoms with Gasteiger partial charge in [-0.05, 0) is 84.8 Å². The van der Waals surface area contributed by atoms with Gasteiger partial charge in [0.1, 0.15) is 23.8 Å². The normalized spacial score (nSPS) is 32.7. The third kappa shape index (κ3) is 11.1. The third-order valence-corrected chi connectivity index (χ3v) is 13.3. The van der Waals surface area contributed by atoms with E-state index in [-0.39, 0.29) is 30.8 Å². The lowest BCUT2D eigenvalue weighted by Crippen LogP contribution is -2.60. The van der Waals surface area contributed by atoms with Gasteiger partial charge in [-0.2, -0.15) is 0 Å². The fraction of sp³-hybridized carbons (Fsp3) is 0.604. The van der Waals surface area contributed by atoms with Crippen molar-refractivity contribution in [1.82, 2.24) is 29.9 Å². The number of nitrogens with zero attached hydrogens (tertiary/aromatic N) is 5. The minimum Gasteiger partial charge on any atom is -0.458 e. The molecule has 2 aromatic heterocycles. The maximum atomic E-state index is 14.8. The first kappa shape index (κ1) is 49.4. The molecule has 17 nitrogen and oxygen atoms in total. The van der Waals surface area contributed by atoms with E-state index in [0.717, 1.165) is 11.3 Å². The van der Waals surface area contributed by atoms with Crippen molar-refractivity contribution in [2.45, 2.75) is 135 Å². The average molecular weight is 903 g/mol. The number of hydrogen-bond acceptors (Lipinski definition) is 15. The zero-order valence-corrected chi connectivity index (χ0v) is 39.2. The van der Waals surface area contributed by atoms with Gasteiger partial charge in [-0.3, -0.25) is 19.4 Å². The Morgan fingerprint density at radius 1 is 0.985 bits per heavy atom. The second-order valence-electron chi connectivity index (χ2n) is 18.2. The summed E-state index contributed by atoms with van der Waals surface area (Å²) < 4.78 is 39.8. The Morgan fingerprint density at radius 2 is 1.72 bits per heavy atom. The van der Waals surface area contributed by atoms with Gasteiger partial charge in [-0.15, -0.1) is 0 Å². The van der Waals surface area contributed by atoms with Gasteiger partial charge in [0.05, 0.1) is 41.4 Å². The number of nitrogens with one attached hydrogen (secondary N) is 1. The number of carbonyl (C=O) groups is 5. The number of benzene rings is 1. The van der Waals surface area contributed by atoms with Crippen LogP contribution in [0.4, 0.5) is 4.79 Å². The highest BCUT2D eigenvalue weighted by Gasteiger charge is 2.55. The molecule has 6 rings (SSSR count). The molecule has 3 aliphatic heterocycles. The lowest BCUT2D eigenvalue weighted by atomic mass is 9.75. The standard InChI is InChI=1S/C48H66N6O11/c1-11-37-42-38(54(47(59)64-42)51-21-16-22-53-26-35(50-27-53)34-19-15-20-49-25-34)30(4)39(55)28(2)24-48(7,60-10)43(31(5)40(56)32(6)44(57)62-37)65-46-41(36(52(8)9)23-29(3)61-46)63-45(58)33-17-13-12-14-18-33/h12-15,17-20,25-32,36-38,41-43,46,51H,11,16,21-24H2,1-10H3/t28-,29-,30-,31+,32-,36+,37?,38?,41-,42-,43-,46+,48+/m1/s1. The summed E-state index contributed by atoms with van der Waals surface area (Å²) in [6.07, 6.45) is 2.24. The fourth-order valence-electron chi connectivity index (χ4n) is 9.49. The van der Waals surface area contributed by atoms with Gasteiger partial charge in [0.2, 0.25) is 0 Å². The molecule has 0 saturated carbocycles. The first-order chi connectivity index (χ1) is 31.0. The van der Waals surface area contributed by atoms with Crippen molar-refractivity contribution in [2.24, 2.45) is 23.7 Å². The van der Waals surface area contributed by atoms with E-state index in [0.29, 0.717) is 31.5 Å². The summed E-state index contributed by atoms with van der Waals surface area (Å²) in [7, 11) is 5.24. The molecule has 13 atom stereocenters. The van der Waals surface area contributed by atoms with Crippen molar-refractivity contribution in [2.75, 3.05) is 27.7 Å². The van der Waals surface area contributed by atoms with E-state index in [1.54, 1.807) is 83.7 Å². The van der Waals surface area contributed by atoms with Crippen molar-refractivity contribution in [1.29, 1.82) is 0 Å². The summed E-state index contributed by atoms with van der Waals surface area (Å²) in [5.74, 6) is -5.90. The number of rotatable bonds is 13. The minimum atomic E-state index is -1.35. The van der Waals surface area contributed by atoms with Crippen LogP contribution < -0.4 is 5.43 Å². The predicted molar refractivity (Wildman–Crippen MR) is 238 cm³/mol. The summed E-state index contributed by atoms with van der Waals surface area (Å²) in [6.45, 7) is 13.0. The zero-order valence-electron chi connectivity index (χ0n) is 39.2. The van der Waals surface area contributed by atoms with Crippen LogP contribution in [0.5, 0.6) is 0 Å². The van der Waals surface area contributed by atoms with Gasteiger partial charge < -0.3 is 37.9 Å². The Labute approximate surface area is 381 Å². The molecule has 0 aliphatic carbocycles. The van der Waals surface area contributed by atoms with Crippen molar-refractivity contribution in [3.05, 3.63) is 72.9 Å². The molecule has 1 N–H and O–H groups in total. The predicted octanol–water partition coefficient (Wildman–Crippen LogP) is 5.52. The van der Waals surface area contributed by atoms with Crippen molar-refractivity contribution >= 4 is 29.6 Å². The van der Waals surface area contributed by atoms with Crippen LogP contribution in [-0.4, -0.2) is 136 Å². The first-order valence-electron chi connectivity index (χ1n) is 22.7. The first-order valence-corrected chi connectivity index (χ1v) is 22.7. The highest BCUT2D eigenvalue weighted by atomic mass is 16.7. The molecule has 2 unspecified atom stereocenters. The molecule has 0 bridgehead atoms. The number of hydrazine groups is 1. The lowest BCUT2D eigenvalue weighted by molar-refractivity contribution is -0.294. The largest absolute Gasteiger partial charge is 0.458 e. The van der Waals surface area contributed by atoms with E-state index >= 15 is 0 Å². The number of likely N-dealkylation sites (N-methyl/N-ethyl adjacent to an activating group) is 1. The topological polar surface area (TPSA) is 190 Å². The molecule has 0 spiro atoms. The molecule has 17 heteroatoms. The summed E-state index contributed by atoms with van der Waals surface area (Å²) >= 11 is 0. The number of pyridine rings is 1. The van der Waals surface area contributed by atoms with Crippen LogP contribution in [0.1, 0.15) is 84.5 Å². The van der Waals surface area contributed by atoms with Gasteiger partial charge in [0.25, 0.3) is 0 Å². The Kier molecular flexibility index (Phi) is 16.3. The summed E-state index contributed by atoms with van der Waals surface area (Å²) in [6, 6.07) is 11.2.